The molecule has 3 rings (SSSR count). The molecule has 0 aromatic carbocycles. The lowest BCUT2D eigenvalue weighted by Crippen LogP contribution is -2.25. The quantitative estimate of drug-likeness (QED) is 0.644. The fourth-order valence-electron chi connectivity index (χ4n) is 2.37. The smallest absolute Gasteiger partial charge is 0.268 e. The Morgan fingerprint density at radius 1 is 1.15 bits per heavy atom. The molecule has 0 atom stereocenters. The highest BCUT2D eigenvalue weighted by Crippen LogP contribution is 2.31. The molecule has 0 unspecified atom stereocenters. The highest BCUT2D eigenvalue weighted by atomic mass is 19.4. The average molecular weight is 386 g/mol. The van der Waals surface area contributed by atoms with Crippen LogP contribution in [-0.2, 0) is 19.8 Å². The van der Waals surface area contributed by atoms with Gasteiger partial charge in [-0.25, -0.2) is 23.1 Å². The van der Waals surface area contributed by atoms with Gasteiger partial charge in [-0.15, -0.1) is 5.10 Å². The van der Waals surface area contributed by atoms with Crippen LogP contribution in [0.5, 0.6) is 0 Å². The van der Waals surface area contributed by atoms with E-state index in [2.05, 4.69) is 20.2 Å². The average Bonchev–Trinajstić information content (AvgIpc) is 2.98. The van der Waals surface area contributed by atoms with Crippen molar-refractivity contribution in [3.8, 4) is 11.5 Å². The molecular weight excluding hydrogens is 375 g/mol. The Morgan fingerprint density at radius 2 is 1.89 bits per heavy atom. The Labute approximate surface area is 148 Å². The van der Waals surface area contributed by atoms with Crippen LogP contribution in [0, 0.1) is 0 Å². The number of hydrogen-bond acceptors (Lipinski definition) is 5. The van der Waals surface area contributed by atoms with E-state index in [1.54, 1.807) is 0 Å². The Hall–Kier alpha value is -3.18. The third kappa shape index (κ3) is 3.83. The van der Waals surface area contributed by atoms with Crippen LogP contribution in [0.15, 0.2) is 35.3 Å². The topological polar surface area (TPSA) is 78.5 Å². The fraction of sp³-hybridized carbons (Fsp3) is 0.267. The van der Waals surface area contributed by atoms with Crippen molar-refractivity contribution in [2.24, 2.45) is 7.05 Å². The standard InChI is InChI=1S/C15H11F5N6O/c1-25-14(22-13(24-25)12(16)17)9-4-5-11(27)26(23-9)7-10-8(15(18,19)20)3-2-6-21-10/h2-6,12H,7H2,1H3. The molecule has 0 aliphatic rings. The van der Waals surface area contributed by atoms with Gasteiger partial charge in [0.05, 0.1) is 17.8 Å². The number of halogens is 5. The highest BCUT2D eigenvalue weighted by molar-refractivity contribution is 5.48. The van der Waals surface area contributed by atoms with Crippen LogP contribution in [0.4, 0.5) is 22.0 Å². The summed E-state index contributed by atoms with van der Waals surface area (Å²) in [6, 6.07) is 4.25. The maximum atomic E-state index is 13.1. The lowest BCUT2D eigenvalue weighted by atomic mass is 10.2. The van der Waals surface area contributed by atoms with Crippen molar-refractivity contribution >= 4 is 0 Å². The van der Waals surface area contributed by atoms with Gasteiger partial charge in [0.1, 0.15) is 5.69 Å². The number of rotatable bonds is 4. The molecule has 0 saturated carbocycles. The monoisotopic (exact) mass is 386 g/mol. The van der Waals surface area contributed by atoms with Crippen molar-refractivity contribution in [3.63, 3.8) is 0 Å². The Kier molecular flexibility index (Phi) is 4.72. The first-order chi connectivity index (χ1) is 12.7. The van der Waals surface area contributed by atoms with E-state index < -0.39 is 41.8 Å². The molecule has 0 aliphatic heterocycles. The maximum absolute atomic E-state index is 13.1. The molecule has 142 valence electrons. The van der Waals surface area contributed by atoms with Gasteiger partial charge in [-0.2, -0.15) is 18.3 Å². The summed E-state index contributed by atoms with van der Waals surface area (Å²) < 4.78 is 66.5. The second kappa shape index (κ2) is 6.85. The molecule has 7 nitrogen and oxygen atoms in total. The van der Waals surface area contributed by atoms with Gasteiger partial charge in [0, 0.05) is 19.3 Å². The minimum atomic E-state index is -4.65. The van der Waals surface area contributed by atoms with E-state index in [9.17, 15) is 26.7 Å². The van der Waals surface area contributed by atoms with Crippen LogP contribution in [0.1, 0.15) is 23.5 Å². The van der Waals surface area contributed by atoms with Crippen LogP contribution in [0.25, 0.3) is 11.5 Å². The summed E-state index contributed by atoms with van der Waals surface area (Å²) in [6.07, 6.45) is -6.39. The number of aromatic nitrogens is 6. The highest BCUT2D eigenvalue weighted by Gasteiger charge is 2.34. The lowest BCUT2D eigenvalue weighted by molar-refractivity contribution is -0.138. The molecular formula is C15H11F5N6O. The number of hydrogen-bond donors (Lipinski definition) is 0. The Morgan fingerprint density at radius 3 is 2.52 bits per heavy atom. The van der Waals surface area contributed by atoms with Crippen LogP contribution in [0.3, 0.4) is 0 Å². The van der Waals surface area contributed by atoms with E-state index in [4.69, 9.17) is 0 Å². The van der Waals surface area contributed by atoms with Crippen molar-refractivity contribution in [3.05, 3.63) is 57.9 Å². The van der Waals surface area contributed by atoms with Crippen molar-refractivity contribution in [1.82, 2.24) is 29.5 Å². The zero-order valence-electron chi connectivity index (χ0n) is 13.7. The van der Waals surface area contributed by atoms with Gasteiger partial charge < -0.3 is 0 Å². The number of alkyl halides is 5. The second-order valence-corrected chi connectivity index (χ2v) is 5.43. The summed E-state index contributed by atoms with van der Waals surface area (Å²) in [5.41, 5.74) is -2.08. The first-order valence-corrected chi connectivity index (χ1v) is 7.45. The van der Waals surface area contributed by atoms with Crippen LogP contribution in [0.2, 0.25) is 0 Å². The molecule has 0 aliphatic carbocycles. The van der Waals surface area contributed by atoms with E-state index in [0.29, 0.717) is 0 Å². The van der Waals surface area contributed by atoms with E-state index in [1.807, 2.05) is 0 Å². The molecule has 0 amide bonds. The van der Waals surface area contributed by atoms with Crippen molar-refractivity contribution < 1.29 is 22.0 Å². The predicted octanol–water partition coefficient (Wildman–Crippen LogP) is 2.44. The Bertz CT molecular complexity index is 1030. The molecule has 0 saturated heterocycles. The minimum Gasteiger partial charge on any atom is -0.268 e. The van der Waals surface area contributed by atoms with E-state index >= 15 is 0 Å². The number of pyridine rings is 1. The summed E-state index contributed by atoms with van der Waals surface area (Å²) in [6.45, 7) is -0.554. The molecule has 3 aromatic heterocycles. The van der Waals surface area contributed by atoms with Gasteiger partial charge >= 0.3 is 6.18 Å². The largest absolute Gasteiger partial charge is 0.418 e. The predicted molar refractivity (Wildman–Crippen MR) is 81.8 cm³/mol. The van der Waals surface area contributed by atoms with Crippen molar-refractivity contribution in [2.75, 3.05) is 0 Å². The molecule has 0 radical (unpaired) electrons. The van der Waals surface area contributed by atoms with Gasteiger partial charge in [-0.1, -0.05) is 0 Å². The first-order valence-electron chi connectivity index (χ1n) is 7.45. The maximum Gasteiger partial charge on any atom is 0.418 e. The van der Waals surface area contributed by atoms with Crippen LogP contribution < -0.4 is 5.56 Å². The zero-order valence-corrected chi connectivity index (χ0v) is 13.7. The first kappa shape index (κ1) is 18.6. The molecule has 3 heterocycles. The van der Waals surface area contributed by atoms with Crippen molar-refractivity contribution in [1.29, 1.82) is 0 Å². The summed E-state index contributed by atoms with van der Waals surface area (Å²) in [5, 5.41) is 7.46. The molecule has 0 fully saturated rings. The SMILES string of the molecule is Cn1nc(C(F)F)nc1-c1ccc(=O)n(Cc2ncccc2C(F)(F)F)n1. The van der Waals surface area contributed by atoms with Gasteiger partial charge in [-0.05, 0) is 18.2 Å². The van der Waals surface area contributed by atoms with Crippen molar-refractivity contribution in [2.45, 2.75) is 19.1 Å². The normalized spacial score (nSPS) is 12.0. The molecule has 0 spiro atoms. The third-order valence-electron chi connectivity index (χ3n) is 3.57. The zero-order chi connectivity index (χ0) is 19.8. The van der Waals surface area contributed by atoms with E-state index in [1.165, 1.54) is 13.1 Å². The summed E-state index contributed by atoms with van der Waals surface area (Å²) in [7, 11) is 1.35. The molecule has 27 heavy (non-hydrogen) atoms. The minimum absolute atomic E-state index is 0.000916. The second-order valence-electron chi connectivity index (χ2n) is 5.43. The van der Waals surface area contributed by atoms with Gasteiger partial charge in [0.2, 0.25) is 5.82 Å². The Balaban J connectivity index is 2.02. The van der Waals surface area contributed by atoms with Gasteiger partial charge in [0.15, 0.2) is 5.82 Å². The summed E-state index contributed by atoms with van der Waals surface area (Å²) in [5.74, 6) is -0.785. The van der Waals surface area contributed by atoms with Gasteiger partial charge in [-0.3, -0.25) is 9.78 Å². The lowest BCUT2D eigenvalue weighted by Gasteiger charge is -2.12. The number of aryl methyl sites for hydroxylation is 1. The van der Waals surface area contributed by atoms with Gasteiger partial charge in [0.25, 0.3) is 12.0 Å². The number of nitrogens with zero attached hydrogens (tertiary/aromatic N) is 6. The fourth-order valence-corrected chi connectivity index (χ4v) is 2.37. The van der Waals surface area contributed by atoms with Crippen LogP contribution in [-0.4, -0.2) is 29.5 Å². The molecule has 0 bridgehead atoms. The molecule has 3 aromatic rings. The van der Waals surface area contributed by atoms with E-state index in [-0.39, 0.29) is 11.5 Å². The summed E-state index contributed by atoms with van der Waals surface area (Å²) >= 11 is 0. The third-order valence-corrected chi connectivity index (χ3v) is 3.57. The molecule has 12 heteroatoms. The van der Waals surface area contributed by atoms with Crippen LogP contribution >= 0.6 is 0 Å². The summed E-state index contributed by atoms with van der Waals surface area (Å²) in [4.78, 5) is 19.3. The van der Waals surface area contributed by atoms with E-state index in [0.717, 1.165) is 33.8 Å². The molecule has 0 N–H and O–H groups in total.